The molecule has 28 heavy (non-hydrogen) atoms. The molecule has 0 spiro atoms. The molecular weight excluding hydrogens is 428 g/mol. The van der Waals surface area contributed by atoms with E-state index in [0.717, 1.165) is 0 Å². The van der Waals surface area contributed by atoms with E-state index in [1.807, 2.05) is 20.8 Å². The number of hydrogen-bond donors (Lipinski definition) is 1. The number of nitrogens with zero attached hydrogens (tertiary/aromatic N) is 1. The summed E-state index contributed by atoms with van der Waals surface area (Å²) >= 11 is 3.55. The van der Waals surface area contributed by atoms with Crippen molar-refractivity contribution in [2.75, 3.05) is 20.3 Å². The molecule has 8 heteroatoms. The fraction of sp³-hybridized carbons (Fsp3) is 0.500. The number of halogens is 1. The van der Waals surface area contributed by atoms with Gasteiger partial charge in [0, 0.05) is 16.7 Å². The maximum absolute atomic E-state index is 12.7. The van der Waals surface area contributed by atoms with Crippen molar-refractivity contribution in [3.63, 3.8) is 0 Å². The molecule has 1 aromatic rings. The van der Waals surface area contributed by atoms with Gasteiger partial charge in [0.2, 0.25) is 0 Å². The highest BCUT2D eigenvalue weighted by Gasteiger charge is 2.37. The fourth-order valence-corrected chi connectivity index (χ4v) is 3.70. The van der Waals surface area contributed by atoms with Gasteiger partial charge in [-0.2, -0.15) is 0 Å². The molecule has 1 heterocycles. The molecular formula is C20H27BrN2O5. The zero-order valence-electron chi connectivity index (χ0n) is 17.1. The molecule has 0 bridgehead atoms. The Balaban J connectivity index is 2.61. The summed E-state index contributed by atoms with van der Waals surface area (Å²) in [5.41, 5.74) is 1.64. The van der Waals surface area contributed by atoms with Crippen LogP contribution in [0.25, 0.3) is 0 Å². The van der Waals surface area contributed by atoms with Gasteiger partial charge in [0.15, 0.2) is 11.5 Å². The minimum Gasteiger partial charge on any atom is -0.493 e. The third kappa shape index (κ3) is 4.43. The van der Waals surface area contributed by atoms with E-state index in [4.69, 9.17) is 14.2 Å². The second-order valence-electron chi connectivity index (χ2n) is 6.54. The Morgan fingerprint density at radius 3 is 2.50 bits per heavy atom. The summed E-state index contributed by atoms with van der Waals surface area (Å²) in [4.78, 5) is 26.8. The Morgan fingerprint density at radius 1 is 1.29 bits per heavy atom. The van der Waals surface area contributed by atoms with Crippen LogP contribution in [0, 0.1) is 0 Å². The third-order valence-electron chi connectivity index (χ3n) is 4.36. The van der Waals surface area contributed by atoms with E-state index in [0.29, 0.717) is 39.4 Å². The van der Waals surface area contributed by atoms with Crippen molar-refractivity contribution >= 4 is 27.9 Å². The van der Waals surface area contributed by atoms with Crippen molar-refractivity contribution in [3.05, 3.63) is 33.4 Å². The summed E-state index contributed by atoms with van der Waals surface area (Å²) in [5, 5.41) is 2.91. The topological polar surface area (TPSA) is 77.1 Å². The van der Waals surface area contributed by atoms with Crippen molar-refractivity contribution in [2.45, 2.75) is 46.8 Å². The van der Waals surface area contributed by atoms with Crippen LogP contribution >= 0.6 is 15.9 Å². The number of allylic oxidation sites excluding steroid dienone is 1. The molecule has 0 fully saturated rings. The van der Waals surface area contributed by atoms with Crippen LogP contribution in [-0.4, -0.2) is 43.3 Å². The van der Waals surface area contributed by atoms with Gasteiger partial charge in [0.25, 0.3) is 0 Å². The highest BCUT2D eigenvalue weighted by Crippen LogP contribution is 2.41. The SMILES string of the molecule is CCOC(=O)C1=C(C)N(CC)C(=O)N[C@H]1c1cc(OC)c(OC(C)C)cc1Br. The second kappa shape index (κ2) is 9.32. The number of rotatable bonds is 7. The van der Waals surface area contributed by atoms with Gasteiger partial charge >= 0.3 is 12.0 Å². The van der Waals surface area contributed by atoms with Gasteiger partial charge in [-0.1, -0.05) is 15.9 Å². The largest absolute Gasteiger partial charge is 0.493 e. The maximum atomic E-state index is 12.7. The second-order valence-corrected chi connectivity index (χ2v) is 7.39. The molecule has 0 saturated carbocycles. The highest BCUT2D eigenvalue weighted by atomic mass is 79.9. The monoisotopic (exact) mass is 454 g/mol. The number of methoxy groups -OCH3 is 1. The van der Waals surface area contributed by atoms with E-state index in [9.17, 15) is 9.59 Å². The van der Waals surface area contributed by atoms with Crippen LogP contribution in [0.15, 0.2) is 27.9 Å². The van der Waals surface area contributed by atoms with Crippen molar-refractivity contribution in [3.8, 4) is 11.5 Å². The van der Waals surface area contributed by atoms with Gasteiger partial charge in [-0.05, 0) is 52.3 Å². The van der Waals surface area contributed by atoms with Gasteiger partial charge < -0.3 is 19.5 Å². The number of urea groups is 1. The molecule has 154 valence electrons. The summed E-state index contributed by atoms with van der Waals surface area (Å²) in [6.45, 7) is 9.89. The van der Waals surface area contributed by atoms with Crippen LogP contribution in [0.5, 0.6) is 11.5 Å². The first-order valence-corrected chi connectivity index (χ1v) is 10.0. The lowest BCUT2D eigenvalue weighted by Gasteiger charge is -2.35. The van der Waals surface area contributed by atoms with Gasteiger partial charge in [0.1, 0.15) is 0 Å². The number of ether oxygens (including phenoxy) is 3. The minimum atomic E-state index is -0.675. The molecule has 0 radical (unpaired) electrons. The molecule has 2 rings (SSSR count). The van der Waals surface area contributed by atoms with Crippen molar-refractivity contribution in [2.24, 2.45) is 0 Å². The van der Waals surface area contributed by atoms with Gasteiger partial charge in [-0.3, -0.25) is 4.90 Å². The number of nitrogens with one attached hydrogen (secondary N) is 1. The van der Waals surface area contributed by atoms with E-state index < -0.39 is 12.0 Å². The normalized spacial score (nSPS) is 16.9. The van der Waals surface area contributed by atoms with Crippen LogP contribution in [-0.2, 0) is 9.53 Å². The molecule has 0 saturated heterocycles. The predicted molar refractivity (Wildman–Crippen MR) is 109 cm³/mol. The van der Waals surface area contributed by atoms with Gasteiger partial charge in [-0.25, -0.2) is 9.59 Å². The molecule has 1 atom stereocenters. The number of esters is 1. The molecule has 0 aliphatic carbocycles. The first-order chi connectivity index (χ1) is 13.2. The van der Waals surface area contributed by atoms with Crippen LogP contribution < -0.4 is 14.8 Å². The van der Waals surface area contributed by atoms with Crippen molar-refractivity contribution < 1.29 is 23.8 Å². The predicted octanol–water partition coefficient (Wildman–Crippen LogP) is 4.17. The van der Waals surface area contributed by atoms with E-state index >= 15 is 0 Å². The van der Waals surface area contributed by atoms with E-state index in [2.05, 4.69) is 21.2 Å². The smallest absolute Gasteiger partial charge is 0.338 e. The Labute approximate surface area is 174 Å². The molecule has 1 N–H and O–H groups in total. The first-order valence-electron chi connectivity index (χ1n) is 9.25. The number of benzene rings is 1. The van der Waals surface area contributed by atoms with Crippen LogP contribution in [0.4, 0.5) is 4.79 Å². The Morgan fingerprint density at radius 2 is 1.96 bits per heavy atom. The van der Waals surface area contributed by atoms with Gasteiger partial charge in [-0.15, -0.1) is 0 Å². The molecule has 0 aromatic heterocycles. The van der Waals surface area contributed by atoms with Crippen molar-refractivity contribution in [1.82, 2.24) is 10.2 Å². The number of hydrogen-bond acceptors (Lipinski definition) is 5. The van der Waals surface area contributed by atoms with Crippen LogP contribution in [0.1, 0.15) is 46.2 Å². The van der Waals surface area contributed by atoms with Crippen LogP contribution in [0.2, 0.25) is 0 Å². The average molecular weight is 455 g/mol. The minimum absolute atomic E-state index is 0.0311. The standard InChI is InChI=1S/C20H27BrN2O5/c1-7-23-12(5)17(19(24)27-8-2)18(22-20(23)25)13-9-15(26-6)16(10-14(13)21)28-11(3)4/h9-11,18H,7-8H2,1-6H3,(H,22,25)/t18-/m0/s1. The maximum Gasteiger partial charge on any atom is 0.338 e. The molecule has 1 aliphatic rings. The summed E-state index contributed by atoms with van der Waals surface area (Å²) in [6, 6.07) is 2.60. The Bertz CT molecular complexity index is 791. The van der Waals surface area contributed by atoms with E-state index in [1.54, 1.807) is 33.1 Å². The Hall–Kier alpha value is -2.22. The van der Waals surface area contributed by atoms with Crippen molar-refractivity contribution in [1.29, 1.82) is 0 Å². The Kier molecular flexibility index (Phi) is 7.35. The molecule has 1 aromatic carbocycles. The molecule has 1 aliphatic heterocycles. The number of amides is 2. The van der Waals surface area contributed by atoms with E-state index in [-0.39, 0.29) is 18.7 Å². The summed E-state index contributed by atoms with van der Waals surface area (Å²) in [6.07, 6.45) is -0.0311. The zero-order valence-corrected chi connectivity index (χ0v) is 18.7. The fourth-order valence-electron chi connectivity index (χ4n) is 3.15. The lowest BCUT2D eigenvalue weighted by molar-refractivity contribution is -0.139. The van der Waals surface area contributed by atoms with Crippen LogP contribution in [0.3, 0.4) is 0 Å². The number of carbonyl (C=O) groups is 2. The zero-order chi connectivity index (χ0) is 21.0. The first kappa shape index (κ1) is 22.1. The van der Waals surface area contributed by atoms with Gasteiger partial charge in [0.05, 0.1) is 31.4 Å². The molecule has 2 amide bonds. The third-order valence-corrected chi connectivity index (χ3v) is 5.05. The summed E-state index contributed by atoms with van der Waals surface area (Å²) < 4.78 is 17.2. The summed E-state index contributed by atoms with van der Waals surface area (Å²) in [7, 11) is 1.55. The van der Waals surface area contributed by atoms with E-state index in [1.165, 1.54) is 4.90 Å². The average Bonchev–Trinajstić information content (AvgIpc) is 2.61. The highest BCUT2D eigenvalue weighted by molar-refractivity contribution is 9.10. The summed E-state index contributed by atoms with van der Waals surface area (Å²) in [5.74, 6) is 0.626. The number of carbonyl (C=O) groups excluding carboxylic acids is 2. The quantitative estimate of drug-likeness (QED) is 0.625. The lowest BCUT2D eigenvalue weighted by atomic mass is 9.94. The lowest BCUT2D eigenvalue weighted by Crippen LogP contribution is -2.48. The molecule has 0 unspecified atom stereocenters. The molecule has 7 nitrogen and oxygen atoms in total.